The lowest BCUT2D eigenvalue weighted by Gasteiger charge is -2.09. The third-order valence-electron chi connectivity index (χ3n) is 2.01. The summed E-state index contributed by atoms with van der Waals surface area (Å²) in [7, 11) is 1.50. The molecule has 3 N–H and O–H groups in total. The number of aryl methyl sites for hydroxylation is 1. The third kappa shape index (κ3) is 2.41. The van der Waals surface area contributed by atoms with Crippen LogP contribution in [0.2, 0.25) is 0 Å². The van der Waals surface area contributed by atoms with Crippen LogP contribution < -0.4 is 15.8 Å². The van der Waals surface area contributed by atoms with E-state index in [4.69, 9.17) is 15.0 Å². The van der Waals surface area contributed by atoms with E-state index >= 15 is 0 Å². The van der Waals surface area contributed by atoms with Crippen LogP contribution in [0.15, 0.2) is 10.9 Å². The number of nitrogens with zero attached hydrogens (tertiary/aromatic N) is 4. The summed E-state index contributed by atoms with van der Waals surface area (Å²) in [6.45, 7) is 2.09. The number of hydrogen-bond donors (Lipinski definition) is 2. The minimum absolute atomic E-state index is 0.270. The summed E-state index contributed by atoms with van der Waals surface area (Å²) in [4.78, 5) is 11.9. The van der Waals surface area contributed by atoms with Gasteiger partial charge in [-0.2, -0.15) is 4.98 Å². The Labute approximate surface area is 97.2 Å². The first-order valence-electron chi connectivity index (χ1n) is 4.88. The van der Waals surface area contributed by atoms with Gasteiger partial charge in [0.1, 0.15) is 6.33 Å². The van der Waals surface area contributed by atoms with Gasteiger partial charge in [-0.05, 0) is 6.92 Å². The van der Waals surface area contributed by atoms with Crippen molar-refractivity contribution in [2.45, 2.75) is 13.5 Å². The molecule has 2 aromatic rings. The van der Waals surface area contributed by atoms with E-state index < -0.39 is 0 Å². The quantitative estimate of drug-likeness (QED) is 0.783. The molecule has 0 atom stereocenters. The highest BCUT2D eigenvalue weighted by molar-refractivity contribution is 5.61. The van der Waals surface area contributed by atoms with Gasteiger partial charge in [0.05, 0.1) is 13.7 Å². The Morgan fingerprint density at radius 2 is 2.29 bits per heavy atom. The number of hydrogen-bond acceptors (Lipinski definition) is 8. The lowest BCUT2D eigenvalue weighted by Crippen LogP contribution is -2.06. The number of nitrogens with two attached hydrogens (primary N) is 1. The molecule has 0 saturated heterocycles. The number of rotatable bonds is 4. The fourth-order valence-corrected chi connectivity index (χ4v) is 1.29. The van der Waals surface area contributed by atoms with Gasteiger partial charge in [0.15, 0.2) is 17.5 Å². The molecule has 0 fully saturated rings. The van der Waals surface area contributed by atoms with Gasteiger partial charge in [-0.25, -0.2) is 9.97 Å². The Morgan fingerprint density at radius 1 is 1.47 bits per heavy atom. The average Bonchev–Trinajstić information content (AvgIpc) is 2.72. The van der Waals surface area contributed by atoms with Crippen molar-refractivity contribution in [3.8, 4) is 5.75 Å². The number of ether oxygens (including phenoxy) is 1. The molecular weight excluding hydrogens is 224 g/mol. The first kappa shape index (κ1) is 11.1. The molecule has 2 heterocycles. The lowest BCUT2D eigenvalue weighted by atomic mass is 10.4. The molecule has 8 nitrogen and oxygen atoms in total. The van der Waals surface area contributed by atoms with E-state index in [1.54, 1.807) is 6.92 Å². The highest BCUT2D eigenvalue weighted by Crippen LogP contribution is 2.26. The van der Waals surface area contributed by atoms with Crippen LogP contribution in [0.4, 0.5) is 11.6 Å². The molecule has 0 bridgehead atoms. The summed E-state index contributed by atoms with van der Waals surface area (Å²) >= 11 is 0. The van der Waals surface area contributed by atoms with Crippen LogP contribution in [-0.4, -0.2) is 27.2 Å². The molecular formula is C9H12N6O2. The second-order valence-electron chi connectivity index (χ2n) is 3.23. The van der Waals surface area contributed by atoms with Crippen LogP contribution in [0.3, 0.4) is 0 Å². The second-order valence-corrected chi connectivity index (χ2v) is 3.23. The van der Waals surface area contributed by atoms with Crippen LogP contribution in [-0.2, 0) is 6.54 Å². The summed E-state index contributed by atoms with van der Waals surface area (Å²) in [5.74, 6) is 2.18. The fraction of sp³-hybridized carbons (Fsp3) is 0.333. The maximum atomic E-state index is 5.64. The van der Waals surface area contributed by atoms with Crippen molar-refractivity contribution in [2.24, 2.45) is 0 Å². The summed E-state index contributed by atoms with van der Waals surface area (Å²) in [5, 5.41) is 6.66. The largest absolute Gasteiger partial charge is 0.490 e. The van der Waals surface area contributed by atoms with Gasteiger partial charge in [0, 0.05) is 0 Å². The van der Waals surface area contributed by atoms with Crippen molar-refractivity contribution in [3.05, 3.63) is 18.0 Å². The molecule has 0 aliphatic carbocycles. The molecule has 8 heteroatoms. The number of methoxy groups -OCH3 is 1. The van der Waals surface area contributed by atoms with Gasteiger partial charge in [-0.3, -0.25) is 0 Å². The Morgan fingerprint density at radius 3 is 2.94 bits per heavy atom. The van der Waals surface area contributed by atoms with Crippen molar-refractivity contribution >= 4 is 11.6 Å². The molecule has 0 aromatic carbocycles. The summed E-state index contributed by atoms with van der Waals surface area (Å²) in [5.41, 5.74) is 5.64. The molecule has 0 amide bonds. The number of nitrogens with one attached hydrogen (secondary N) is 1. The van der Waals surface area contributed by atoms with E-state index in [1.807, 2.05) is 0 Å². The molecule has 2 rings (SSSR count). The standard InChI is InChI=1S/C9H12N6O2/c1-5-14-6(17-15-5)3-11-9-7(16-2)8(10)12-4-13-9/h4H,3H2,1-2H3,(H3,10,11,12,13). The van der Waals surface area contributed by atoms with Crippen molar-refractivity contribution in [1.29, 1.82) is 0 Å². The number of aromatic nitrogens is 4. The van der Waals surface area contributed by atoms with Gasteiger partial charge < -0.3 is 20.3 Å². The number of nitrogen functional groups attached to an aromatic ring is 1. The molecule has 0 radical (unpaired) electrons. The van der Waals surface area contributed by atoms with E-state index in [2.05, 4.69) is 25.4 Å². The Bertz CT molecular complexity index is 512. The molecule has 0 saturated carbocycles. The molecule has 90 valence electrons. The van der Waals surface area contributed by atoms with Gasteiger partial charge in [-0.1, -0.05) is 5.16 Å². The van der Waals surface area contributed by atoms with E-state index in [-0.39, 0.29) is 5.82 Å². The van der Waals surface area contributed by atoms with E-state index in [0.717, 1.165) is 0 Å². The minimum atomic E-state index is 0.270. The molecule has 0 unspecified atom stereocenters. The van der Waals surface area contributed by atoms with Gasteiger partial charge in [-0.15, -0.1) is 0 Å². The predicted molar refractivity (Wildman–Crippen MR) is 59.4 cm³/mol. The van der Waals surface area contributed by atoms with Gasteiger partial charge in [0.2, 0.25) is 11.6 Å². The zero-order valence-corrected chi connectivity index (χ0v) is 9.47. The molecule has 0 spiro atoms. The molecule has 0 aliphatic heterocycles. The van der Waals surface area contributed by atoms with Crippen molar-refractivity contribution in [1.82, 2.24) is 20.1 Å². The SMILES string of the molecule is COc1c(N)ncnc1NCc1nc(C)no1. The highest BCUT2D eigenvalue weighted by Gasteiger charge is 2.10. The van der Waals surface area contributed by atoms with Crippen LogP contribution in [0.1, 0.15) is 11.7 Å². The zero-order valence-electron chi connectivity index (χ0n) is 9.47. The van der Waals surface area contributed by atoms with Gasteiger partial charge >= 0.3 is 0 Å². The van der Waals surface area contributed by atoms with Crippen LogP contribution in [0.25, 0.3) is 0 Å². The first-order chi connectivity index (χ1) is 8.20. The van der Waals surface area contributed by atoms with E-state index in [9.17, 15) is 0 Å². The second kappa shape index (κ2) is 4.64. The summed E-state index contributed by atoms with van der Waals surface area (Å²) in [6, 6.07) is 0. The van der Waals surface area contributed by atoms with Gasteiger partial charge in [0.25, 0.3) is 0 Å². The maximum absolute atomic E-state index is 5.64. The summed E-state index contributed by atoms with van der Waals surface area (Å²) < 4.78 is 10.0. The Balaban J connectivity index is 2.11. The molecule has 17 heavy (non-hydrogen) atoms. The Kier molecular flexibility index (Phi) is 3.03. The van der Waals surface area contributed by atoms with E-state index in [0.29, 0.717) is 29.8 Å². The highest BCUT2D eigenvalue weighted by atomic mass is 16.5. The normalized spacial score (nSPS) is 10.2. The monoisotopic (exact) mass is 236 g/mol. The topological polar surface area (TPSA) is 112 Å². The third-order valence-corrected chi connectivity index (χ3v) is 2.01. The zero-order chi connectivity index (χ0) is 12.3. The lowest BCUT2D eigenvalue weighted by molar-refractivity contribution is 0.378. The van der Waals surface area contributed by atoms with Crippen molar-refractivity contribution < 1.29 is 9.26 Å². The molecule has 0 aliphatic rings. The van der Waals surface area contributed by atoms with Crippen molar-refractivity contribution in [3.63, 3.8) is 0 Å². The van der Waals surface area contributed by atoms with Crippen molar-refractivity contribution in [2.75, 3.05) is 18.2 Å². The Hall–Kier alpha value is -2.38. The van der Waals surface area contributed by atoms with Crippen LogP contribution >= 0.6 is 0 Å². The maximum Gasteiger partial charge on any atom is 0.245 e. The molecule has 2 aromatic heterocycles. The van der Waals surface area contributed by atoms with Crippen LogP contribution in [0.5, 0.6) is 5.75 Å². The minimum Gasteiger partial charge on any atom is -0.490 e. The van der Waals surface area contributed by atoms with Crippen LogP contribution in [0, 0.1) is 6.92 Å². The predicted octanol–water partition coefficient (Wildman–Crippen LogP) is 0.371. The number of anilines is 2. The van der Waals surface area contributed by atoms with E-state index in [1.165, 1.54) is 13.4 Å². The smallest absolute Gasteiger partial charge is 0.245 e. The fourth-order valence-electron chi connectivity index (χ4n) is 1.29. The first-order valence-corrected chi connectivity index (χ1v) is 4.88. The summed E-state index contributed by atoms with van der Waals surface area (Å²) in [6.07, 6.45) is 1.35. The average molecular weight is 236 g/mol.